The number of pyridine rings is 1. The van der Waals surface area contributed by atoms with Gasteiger partial charge in [-0.25, -0.2) is 4.98 Å². The number of aromatic nitrogens is 2. The van der Waals surface area contributed by atoms with Gasteiger partial charge in [-0.1, -0.05) is 53.7 Å². The van der Waals surface area contributed by atoms with Crippen LogP contribution in [0.15, 0.2) is 82.5 Å². The number of thioether (sulfide) groups is 1. The highest BCUT2D eigenvalue weighted by Gasteiger charge is 2.16. The molecule has 2 aromatic heterocycles. The fourth-order valence-electron chi connectivity index (χ4n) is 3.35. The smallest absolute Gasteiger partial charge is 0.276 e. The highest BCUT2D eigenvalue weighted by molar-refractivity contribution is 7.98. The highest BCUT2D eigenvalue weighted by atomic mass is 32.2. The van der Waals surface area contributed by atoms with Crippen LogP contribution in [0, 0.1) is 13.8 Å². The molecule has 4 aromatic rings. The Balaban J connectivity index is 1.33. The van der Waals surface area contributed by atoms with Crippen LogP contribution in [0.5, 0.6) is 5.75 Å². The number of nitrogens with one attached hydrogen (secondary N) is 2. The number of rotatable bonds is 8. The van der Waals surface area contributed by atoms with E-state index in [1.54, 1.807) is 24.4 Å². The van der Waals surface area contributed by atoms with Crippen LogP contribution >= 0.6 is 11.8 Å². The summed E-state index contributed by atoms with van der Waals surface area (Å²) in [5.41, 5.74) is 8.81. The maximum Gasteiger partial charge on any atom is 0.276 e. The molecule has 2 amide bonds. The molecular formula is C26H24N4O4S. The van der Waals surface area contributed by atoms with E-state index in [1.807, 2.05) is 62.4 Å². The van der Waals surface area contributed by atoms with Gasteiger partial charge < -0.3 is 9.26 Å². The zero-order valence-electron chi connectivity index (χ0n) is 19.3. The van der Waals surface area contributed by atoms with Crippen LogP contribution in [-0.4, -0.2) is 28.6 Å². The van der Waals surface area contributed by atoms with Crippen LogP contribution in [0.25, 0.3) is 11.1 Å². The summed E-state index contributed by atoms with van der Waals surface area (Å²) in [6, 6.07) is 20.5. The molecule has 2 aromatic carbocycles. The van der Waals surface area contributed by atoms with Crippen molar-refractivity contribution in [1.29, 1.82) is 0 Å². The molecule has 0 saturated heterocycles. The number of hydrazine groups is 1. The molecule has 2 N–H and O–H groups in total. The molecule has 0 radical (unpaired) electrons. The second-order valence-electron chi connectivity index (χ2n) is 7.60. The predicted octanol–water partition coefficient (Wildman–Crippen LogP) is 4.49. The van der Waals surface area contributed by atoms with E-state index in [2.05, 4.69) is 21.0 Å². The second-order valence-corrected chi connectivity index (χ2v) is 8.56. The maximum atomic E-state index is 12.7. The van der Waals surface area contributed by atoms with Crippen molar-refractivity contribution in [3.63, 3.8) is 0 Å². The molecular weight excluding hydrogens is 464 g/mol. The average Bonchev–Trinajstić information content (AvgIpc) is 3.22. The van der Waals surface area contributed by atoms with Crippen LogP contribution < -0.4 is 15.6 Å². The van der Waals surface area contributed by atoms with E-state index in [-0.39, 0.29) is 6.61 Å². The fraction of sp³-hybridized carbons (Fsp3) is 0.154. The monoisotopic (exact) mass is 488 g/mol. The molecule has 35 heavy (non-hydrogen) atoms. The first-order chi connectivity index (χ1) is 17.0. The van der Waals surface area contributed by atoms with Crippen LogP contribution in [-0.2, 0) is 10.5 Å². The third-order valence-corrected chi connectivity index (χ3v) is 6.23. The highest BCUT2D eigenvalue weighted by Crippen LogP contribution is 2.29. The lowest BCUT2D eigenvalue weighted by Crippen LogP contribution is -2.44. The molecule has 9 heteroatoms. The van der Waals surface area contributed by atoms with Crippen molar-refractivity contribution in [3.05, 3.63) is 95.5 Å². The van der Waals surface area contributed by atoms with Gasteiger partial charge in [0.05, 0.1) is 11.3 Å². The van der Waals surface area contributed by atoms with Crippen molar-refractivity contribution in [3.8, 4) is 16.9 Å². The molecule has 0 bridgehead atoms. The molecule has 178 valence electrons. The molecule has 0 aliphatic carbocycles. The quantitative estimate of drug-likeness (QED) is 0.278. The van der Waals surface area contributed by atoms with E-state index in [0.29, 0.717) is 22.1 Å². The summed E-state index contributed by atoms with van der Waals surface area (Å²) in [4.78, 5) is 29.4. The largest absolute Gasteiger partial charge is 0.483 e. The number of carbonyl (C=O) groups excluding carboxylic acids is 2. The Kier molecular flexibility index (Phi) is 7.79. The van der Waals surface area contributed by atoms with Gasteiger partial charge in [-0.05, 0) is 37.6 Å². The van der Waals surface area contributed by atoms with Gasteiger partial charge in [0.1, 0.15) is 16.5 Å². The fourth-order valence-corrected chi connectivity index (χ4v) is 4.49. The first-order valence-electron chi connectivity index (χ1n) is 10.9. The first kappa shape index (κ1) is 24.0. The molecule has 2 heterocycles. The van der Waals surface area contributed by atoms with Crippen molar-refractivity contribution in [2.45, 2.75) is 24.6 Å². The molecule has 0 fully saturated rings. The number of aryl methyl sites for hydroxylation is 2. The van der Waals surface area contributed by atoms with E-state index in [9.17, 15) is 9.59 Å². The van der Waals surface area contributed by atoms with Gasteiger partial charge in [0.25, 0.3) is 11.8 Å². The van der Waals surface area contributed by atoms with Crippen molar-refractivity contribution >= 4 is 23.6 Å². The van der Waals surface area contributed by atoms with Crippen LogP contribution in [0.1, 0.15) is 27.4 Å². The van der Waals surface area contributed by atoms with Gasteiger partial charge in [0.2, 0.25) is 0 Å². The number of carbonyl (C=O) groups is 2. The van der Waals surface area contributed by atoms with Crippen molar-refractivity contribution in [1.82, 2.24) is 21.0 Å². The summed E-state index contributed by atoms with van der Waals surface area (Å²) in [6.07, 6.45) is 1.61. The second kappa shape index (κ2) is 11.3. The minimum absolute atomic E-state index is 0.259. The Morgan fingerprint density at radius 2 is 1.74 bits per heavy atom. The molecule has 0 saturated carbocycles. The minimum atomic E-state index is -0.491. The van der Waals surface area contributed by atoms with Crippen LogP contribution in [0.4, 0.5) is 0 Å². The van der Waals surface area contributed by atoms with Crippen molar-refractivity contribution < 1.29 is 18.8 Å². The Bertz CT molecular complexity index is 1300. The summed E-state index contributed by atoms with van der Waals surface area (Å²) >= 11 is 1.39. The number of benzene rings is 2. The van der Waals surface area contributed by atoms with Gasteiger partial charge in [-0.3, -0.25) is 20.4 Å². The molecule has 0 aliphatic heterocycles. The lowest BCUT2D eigenvalue weighted by Gasteiger charge is -2.13. The van der Waals surface area contributed by atoms with Gasteiger partial charge in [-0.2, -0.15) is 0 Å². The standard InChI is InChI=1S/C26H24N4O4S/c1-17-22(18(2)34-30-17)16-35-26-21(12-8-14-27-26)25(32)29-28-24(31)15-33-23-13-7-6-11-20(23)19-9-4-3-5-10-19/h3-14H,15-16H2,1-2H3,(H,28,31)(H,29,32). The number of amides is 2. The lowest BCUT2D eigenvalue weighted by molar-refractivity contribution is -0.123. The summed E-state index contributed by atoms with van der Waals surface area (Å²) in [5, 5.41) is 4.48. The number of hydrogen-bond donors (Lipinski definition) is 2. The zero-order chi connectivity index (χ0) is 24.6. The molecule has 0 aliphatic rings. The van der Waals surface area contributed by atoms with E-state index in [0.717, 1.165) is 28.1 Å². The average molecular weight is 489 g/mol. The zero-order valence-corrected chi connectivity index (χ0v) is 20.1. The van der Waals surface area contributed by atoms with Gasteiger partial charge in [0, 0.05) is 23.1 Å². The van der Waals surface area contributed by atoms with Crippen molar-refractivity contribution in [2.24, 2.45) is 0 Å². The number of ether oxygens (including phenoxy) is 1. The molecule has 0 spiro atoms. The van der Waals surface area contributed by atoms with Crippen LogP contribution in [0.3, 0.4) is 0 Å². The third-order valence-electron chi connectivity index (χ3n) is 5.20. The van der Waals surface area contributed by atoms with E-state index in [1.165, 1.54) is 11.8 Å². The van der Waals surface area contributed by atoms with Gasteiger partial charge in [0.15, 0.2) is 6.61 Å². The molecule has 8 nitrogen and oxygen atoms in total. The molecule has 4 rings (SSSR count). The Labute approximate surface area is 207 Å². The normalized spacial score (nSPS) is 10.6. The van der Waals surface area contributed by atoms with Crippen LogP contribution in [0.2, 0.25) is 0 Å². The van der Waals surface area contributed by atoms with Gasteiger partial charge in [-0.15, -0.1) is 11.8 Å². The van der Waals surface area contributed by atoms with Gasteiger partial charge >= 0.3 is 0 Å². The predicted molar refractivity (Wildman–Crippen MR) is 133 cm³/mol. The Morgan fingerprint density at radius 1 is 0.971 bits per heavy atom. The first-order valence-corrected chi connectivity index (χ1v) is 11.9. The van der Waals surface area contributed by atoms with E-state index < -0.39 is 11.8 Å². The van der Waals surface area contributed by atoms with E-state index in [4.69, 9.17) is 9.26 Å². The summed E-state index contributed by atoms with van der Waals surface area (Å²) in [7, 11) is 0. The third kappa shape index (κ3) is 6.07. The molecule has 0 unspecified atom stereocenters. The summed E-state index contributed by atoms with van der Waals surface area (Å²) in [5.74, 6) is 0.898. The Morgan fingerprint density at radius 3 is 2.51 bits per heavy atom. The Hall–Kier alpha value is -4.11. The summed E-state index contributed by atoms with van der Waals surface area (Å²) in [6.45, 7) is 3.46. The maximum absolute atomic E-state index is 12.7. The number of nitrogens with zero attached hydrogens (tertiary/aromatic N) is 2. The number of para-hydroxylation sites is 1. The SMILES string of the molecule is Cc1noc(C)c1CSc1ncccc1C(=O)NNC(=O)COc1ccccc1-c1ccccc1. The lowest BCUT2D eigenvalue weighted by atomic mass is 10.1. The minimum Gasteiger partial charge on any atom is -0.483 e. The number of hydrogen-bond acceptors (Lipinski definition) is 7. The van der Waals surface area contributed by atoms with E-state index >= 15 is 0 Å². The van der Waals surface area contributed by atoms with Crippen molar-refractivity contribution in [2.75, 3.05) is 6.61 Å². The summed E-state index contributed by atoms with van der Waals surface area (Å²) < 4.78 is 10.9. The molecule has 0 atom stereocenters. The topological polar surface area (TPSA) is 106 Å².